The zero-order valence-corrected chi connectivity index (χ0v) is 33.4. The average Bonchev–Trinajstić information content (AvgIpc) is 4.00. The van der Waals surface area contributed by atoms with Gasteiger partial charge in [0.05, 0.1) is 5.41 Å². The second kappa shape index (κ2) is 12.5. The second-order valence-electron chi connectivity index (χ2n) is 16.7. The van der Waals surface area contributed by atoms with Gasteiger partial charge in [-0.15, -0.1) is 0 Å². The molecule has 11 aromatic rings. The fourth-order valence-corrected chi connectivity index (χ4v) is 11.2. The van der Waals surface area contributed by atoms with E-state index in [1.807, 2.05) is 0 Å². The molecule has 0 amide bonds. The highest BCUT2D eigenvalue weighted by molar-refractivity contribution is 6.11. The van der Waals surface area contributed by atoms with Crippen molar-refractivity contribution in [3.63, 3.8) is 0 Å². The third-order valence-corrected chi connectivity index (χ3v) is 13.8. The van der Waals surface area contributed by atoms with Gasteiger partial charge in [0.15, 0.2) is 0 Å². The Labute approximate surface area is 349 Å². The fourth-order valence-electron chi connectivity index (χ4n) is 11.2. The van der Waals surface area contributed by atoms with Crippen LogP contribution >= 0.6 is 0 Å². The number of nitrogens with zero attached hydrogens (tertiary/aromatic N) is 2. The van der Waals surface area contributed by atoms with Gasteiger partial charge in [0.2, 0.25) is 0 Å². The number of aromatic nitrogens is 2. The Hall–Kier alpha value is -7.42. The van der Waals surface area contributed by atoms with Gasteiger partial charge in [-0.25, -0.2) is 0 Å². The highest BCUT2D eigenvalue weighted by Gasteiger charge is 2.51. The van der Waals surface area contributed by atoms with Crippen molar-refractivity contribution < 1.29 is 0 Å². The molecular weight excluding hydrogens is 725 g/mol. The zero-order chi connectivity index (χ0) is 39.5. The van der Waals surface area contributed by atoms with E-state index >= 15 is 0 Å². The van der Waals surface area contributed by atoms with Crippen molar-refractivity contribution in [3.8, 4) is 44.5 Å². The van der Waals surface area contributed by atoms with E-state index in [4.69, 9.17) is 0 Å². The van der Waals surface area contributed by atoms with Crippen molar-refractivity contribution in [3.05, 3.63) is 228 Å². The van der Waals surface area contributed by atoms with Crippen LogP contribution < -0.4 is 0 Å². The van der Waals surface area contributed by atoms with Gasteiger partial charge in [-0.3, -0.25) is 0 Å². The molecule has 1 spiro atoms. The minimum absolute atomic E-state index is 0.456. The molecule has 0 saturated heterocycles. The molecule has 0 bridgehead atoms. The summed E-state index contributed by atoms with van der Waals surface area (Å²) in [5, 5.41) is 5.20. The maximum atomic E-state index is 2.52. The van der Waals surface area contributed by atoms with Gasteiger partial charge in [0.1, 0.15) is 0 Å². The summed E-state index contributed by atoms with van der Waals surface area (Å²) in [7, 11) is 0. The lowest BCUT2D eigenvalue weighted by atomic mass is 9.70. The molecule has 0 aliphatic heterocycles. The predicted octanol–water partition coefficient (Wildman–Crippen LogP) is 14.6. The van der Waals surface area contributed by atoms with Gasteiger partial charge in [-0.05, 0) is 128 Å². The van der Waals surface area contributed by atoms with Crippen LogP contribution in [-0.2, 0) is 18.5 Å². The second-order valence-corrected chi connectivity index (χ2v) is 16.7. The van der Waals surface area contributed by atoms with Crippen molar-refractivity contribution in [2.45, 2.75) is 25.4 Å². The first-order valence-electron chi connectivity index (χ1n) is 21.3. The van der Waals surface area contributed by atoms with Crippen LogP contribution in [0, 0.1) is 0 Å². The highest BCUT2D eigenvalue weighted by Crippen LogP contribution is 2.63. The van der Waals surface area contributed by atoms with E-state index in [1.165, 1.54) is 116 Å². The molecule has 2 aromatic heterocycles. The molecule has 9 aromatic carbocycles. The maximum absolute atomic E-state index is 2.52. The molecule has 0 radical (unpaired) electrons. The molecule has 0 atom stereocenters. The summed E-state index contributed by atoms with van der Waals surface area (Å²) in [6.07, 6.45) is 0. The van der Waals surface area contributed by atoms with E-state index in [0.29, 0.717) is 0 Å². The van der Waals surface area contributed by atoms with Crippen LogP contribution in [0.2, 0.25) is 0 Å². The van der Waals surface area contributed by atoms with Crippen molar-refractivity contribution in [1.82, 2.24) is 9.13 Å². The third-order valence-electron chi connectivity index (χ3n) is 13.8. The molecule has 2 nitrogen and oxygen atoms in total. The summed E-state index contributed by atoms with van der Waals surface area (Å²) in [6, 6.07) is 75.5. The Morgan fingerprint density at radius 3 is 1.32 bits per heavy atom. The van der Waals surface area contributed by atoms with Crippen molar-refractivity contribution in [2.75, 3.05) is 0 Å². The zero-order valence-electron chi connectivity index (χ0n) is 33.4. The fraction of sp³-hybridized carbons (Fsp3) is 0.0690. The topological polar surface area (TPSA) is 9.86 Å². The number of hydrogen-bond donors (Lipinski definition) is 0. The van der Waals surface area contributed by atoms with Crippen molar-refractivity contribution in [1.29, 1.82) is 0 Å². The Morgan fingerprint density at radius 2 is 0.750 bits per heavy atom. The van der Waals surface area contributed by atoms with Crippen LogP contribution in [0.5, 0.6) is 0 Å². The SMILES string of the molecule is CCn1c2ccccc2c2cc(-c3ccc4c(c3)C3(c5ccccc5-c5ccccc53)c3cc(-c5ccc6c(c5)c5ccccc5n6Cc5ccccc5)ccc3-4)ccc21. The monoisotopic (exact) mass is 764 g/mol. The lowest BCUT2D eigenvalue weighted by Gasteiger charge is -2.31. The summed E-state index contributed by atoms with van der Waals surface area (Å²) < 4.78 is 4.91. The Balaban J connectivity index is 1.02. The van der Waals surface area contributed by atoms with Gasteiger partial charge in [0.25, 0.3) is 0 Å². The van der Waals surface area contributed by atoms with E-state index in [9.17, 15) is 0 Å². The molecule has 282 valence electrons. The van der Waals surface area contributed by atoms with Gasteiger partial charge < -0.3 is 9.13 Å². The first kappa shape index (κ1) is 33.5. The third kappa shape index (κ3) is 4.48. The molecule has 0 N–H and O–H groups in total. The minimum Gasteiger partial charge on any atom is -0.341 e. The average molecular weight is 765 g/mol. The lowest BCUT2D eigenvalue weighted by Crippen LogP contribution is -2.26. The normalized spacial score (nSPS) is 13.3. The maximum Gasteiger partial charge on any atom is 0.0725 e. The van der Waals surface area contributed by atoms with E-state index in [1.54, 1.807) is 0 Å². The molecule has 0 saturated carbocycles. The van der Waals surface area contributed by atoms with Gasteiger partial charge in [0, 0.05) is 56.7 Å². The molecule has 2 aliphatic carbocycles. The molecule has 13 rings (SSSR count). The van der Waals surface area contributed by atoms with Crippen molar-refractivity contribution >= 4 is 43.6 Å². The number of hydrogen-bond acceptors (Lipinski definition) is 0. The van der Waals surface area contributed by atoms with E-state index < -0.39 is 5.41 Å². The summed E-state index contributed by atoms with van der Waals surface area (Å²) in [6.45, 7) is 4.01. The lowest BCUT2D eigenvalue weighted by molar-refractivity contribution is 0.794. The Morgan fingerprint density at radius 1 is 0.333 bits per heavy atom. The van der Waals surface area contributed by atoms with Gasteiger partial charge in [-0.2, -0.15) is 0 Å². The van der Waals surface area contributed by atoms with E-state index in [-0.39, 0.29) is 0 Å². The number of benzene rings is 9. The predicted molar refractivity (Wildman–Crippen MR) is 251 cm³/mol. The number of rotatable bonds is 5. The first-order valence-corrected chi connectivity index (χ1v) is 21.3. The Bertz CT molecular complexity index is 3520. The summed E-state index contributed by atoms with van der Waals surface area (Å²) >= 11 is 0. The van der Waals surface area contributed by atoms with Crippen LogP contribution in [0.3, 0.4) is 0 Å². The first-order chi connectivity index (χ1) is 29.7. The molecule has 2 heterocycles. The molecule has 2 heteroatoms. The van der Waals surface area contributed by atoms with Crippen molar-refractivity contribution in [2.24, 2.45) is 0 Å². The van der Waals surface area contributed by atoms with Crippen LogP contribution in [-0.4, -0.2) is 9.13 Å². The van der Waals surface area contributed by atoms with E-state index in [2.05, 4.69) is 216 Å². The van der Waals surface area contributed by atoms with Crippen LogP contribution in [0.25, 0.3) is 88.1 Å². The molecule has 0 unspecified atom stereocenters. The highest BCUT2D eigenvalue weighted by atomic mass is 15.0. The number of aryl methyl sites for hydroxylation is 1. The number of fused-ring (bicyclic) bond motifs is 16. The molecule has 2 aliphatic rings. The number of para-hydroxylation sites is 2. The van der Waals surface area contributed by atoms with Gasteiger partial charge in [-0.1, -0.05) is 152 Å². The summed E-state index contributed by atoms with van der Waals surface area (Å²) in [5.41, 5.74) is 21.6. The van der Waals surface area contributed by atoms with Crippen LogP contribution in [0.4, 0.5) is 0 Å². The standard InChI is InChI=1S/C58H40N2/c1-2-59-54-22-12-8-18-46(54)48-32-38(26-30-56(48)59)40-24-28-44-45-29-25-41(35-53(45)58(52(44)34-40)50-20-10-6-16-42(50)43-17-7-11-21-51(43)58)39-27-31-57-49(33-39)47-19-9-13-23-55(47)60(57)36-37-14-4-3-5-15-37/h3-35H,2,36H2,1H3. The Kier molecular flexibility index (Phi) is 7.01. The van der Waals surface area contributed by atoms with Crippen LogP contribution in [0.15, 0.2) is 200 Å². The molecule has 0 fully saturated rings. The molecular formula is C58H40N2. The molecule has 60 heavy (non-hydrogen) atoms. The quantitative estimate of drug-likeness (QED) is 0.165. The van der Waals surface area contributed by atoms with Crippen LogP contribution in [0.1, 0.15) is 34.7 Å². The summed E-state index contributed by atoms with van der Waals surface area (Å²) in [5.74, 6) is 0. The van der Waals surface area contributed by atoms with E-state index in [0.717, 1.165) is 13.1 Å². The smallest absolute Gasteiger partial charge is 0.0725 e. The van der Waals surface area contributed by atoms with Gasteiger partial charge >= 0.3 is 0 Å². The summed E-state index contributed by atoms with van der Waals surface area (Å²) in [4.78, 5) is 0. The largest absolute Gasteiger partial charge is 0.341 e. The minimum atomic E-state index is -0.456.